The third-order valence-electron chi connectivity index (χ3n) is 3.17. The van der Waals surface area contributed by atoms with Crippen molar-refractivity contribution in [3.05, 3.63) is 75.6 Å². The van der Waals surface area contributed by atoms with E-state index in [9.17, 15) is 10.1 Å². The molecule has 0 spiro atoms. The van der Waals surface area contributed by atoms with Crippen LogP contribution in [-0.2, 0) is 0 Å². The molecule has 108 valence electrons. The average molecular weight is 312 g/mol. The first-order valence-corrected chi connectivity index (χ1v) is 6.85. The van der Waals surface area contributed by atoms with Crippen molar-refractivity contribution < 1.29 is 4.92 Å². The third-order valence-corrected chi connectivity index (χ3v) is 3.47. The quantitative estimate of drug-likeness (QED) is 0.308. The fourth-order valence-electron chi connectivity index (χ4n) is 2.13. The summed E-state index contributed by atoms with van der Waals surface area (Å²) in [7, 11) is 0. The van der Waals surface area contributed by atoms with Gasteiger partial charge in [0.2, 0.25) is 0 Å². The summed E-state index contributed by atoms with van der Waals surface area (Å²) in [6.45, 7) is 0. The molecule has 0 N–H and O–H groups in total. The number of fused-ring (bicyclic) bond motifs is 1. The number of nitro groups is 1. The Morgan fingerprint density at radius 2 is 1.95 bits per heavy atom. The van der Waals surface area contributed by atoms with Crippen LogP contribution in [0.1, 0.15) is 5.56 Å². The van der Waals surface area contributed by atoms with Crippen molar-refractivity contribution in [3.8, 4) is 0 Å². The fraction of sp³-hybridized carbons (Fsp3) is 0. The molecule has 2 aromatic carbocycles. The van der Waals surface area contributed by atoms with Gasteiger partial charge in [-0.2, -0.15) is 0 Å². The van der Waals surface area contributed by atoms with E-state index in [1.165, 1.54) is 12.1 Å². The zero-order valence-electron chi connectivity index (χ0n) is 11.3. The molecule has 22 heavy (non-hydrogen) atoms. The first kappa shape index (κ1) is 14.2. The van der Waals surface area contributed by atoms with Gasteiger partial charge in [-0.25, -0.2) is 4.98 Å². The Labute approximate surface area is 131 Å². The highest BCUT2D eigenvalue weighted by atomic mass is 35.5. The summed E-state index contributed by atoms with van der Waals surface area (Å²) in [5, 5.41) is 12.9. The molecule has 0 bridgehead atoms. The van der Waals surface area contributed by atoms with Gasteiger partial charge in [-0.1, -0.05) is 35.9 Å². The maximum atomic E-state index is 10.8. The number of nitrogens with zero attached hydrogens (tertiary/aromatic N) is 3. The molecule has 3 rings (SSSR count). The van der Waals surface area contributed by atoms with Gasteiger partial charge in [-0.3, -0.25) is 15.1 Å². The highest BCUT2D eigenvalue weighted by molar-refractivity contribution is 6.34. The number of aromatic nitrogens is 1. The van der Waals surface area contributed by atoms with Gasteiger partial charge in [0.1, 0.15) is 5.15 Å². The van der Waals surface area contributed by atoms with Crippen LogP contribution in [0.2, 0.25) is 5.15 Å². The van der Waals surface area contributed by atoms with Gasteiger partial charge in [0, 0.05) is 35.3 Å². The summed E-state index contributed by atoms with van der Waals surface area (Å²) in [5.74, 6) is 0. The van der Waals surface area contributed by atoms with Crippen LogP contribution in [0.25, 0.3) is 10.8 Å². The van der Waals surface area contributed by atoms with Crippen LogP contribution in [0.4, 0.5) is 11.4 Å². The number of pyridine rings is 1. The summed E-state index contributed by atoms with van der Waals surface area (Å²) >= 11 is 6.06. The maximum Gasteiger partial charge on any atom is 0.270 e. The van der Waals surface area contributed by atoms with E-state index in [4.69, 9.17) is 11.6 Å². The second-order valence-electron chi connectivity index (χ2n) is 4.58. The Bertz CT molecular complexity index is 893. The van der Waals surface area contributed by atoms with Gasteiger partial charge in [0.05, 0.1) is 10.6 Å². The SMILES string of the molecule is O=[N+]([O-])c1cccc(C=Nc2cccc3c(Cl)nccc23)c1. The number of halogens is 1. The van der Waals surface area contributed by atoms with Crippen LogP contribution in [0, 0.1) is 10.1 Å². The normalized spacial score (nSPS) is 11.1. The third kappa shape index (κ3) is 2.80. The number of hydrogen-bond donors (Lipinski definition) is 0. The van der Waals surface area contributed by atoms with Crippen LogP contribution < -0.4 is 0 Å². The van der Waals surface area contributed by atoms with Crippen molar-refractivity contribution in [2.24, 2.45) is 4.99 Å². The first-order valence-electron chi connectivity index (χ1n) is 6.47. The second-order valence-corrected chi connectivity index (χ2v) is 4.94. The van der Waals surface area contributed by atoms with Crippen LogP contribution in [0.15, 0.2) is 59.7 Å². The highest BCUT2D eigenvalue weighted by Crippen LogP contribution is 2.29. The zero-order valence-corrected chi connectivity index (χ0v) is 12.1. The average Bonchev–Trinajstić information content (AvgIpc) is 2.53. The molecule has 5 nitrogen and oxygen atoms in total. The number of benzene rings is 2. The molecule has 0 radical (unpaired) electrons. The van der Waals surface area contributed by atoms with Gasteiger partial charge < -0.3 is 0 Å². The first-order chi connectivity index (χ1) is 10.6. The van der Waals surface area contributed by atoms with Crippen molar-refractivity contribution in [1.82, 2.24) is 4.98 Å². The molecular formula is C16H10ClN3O2. The van der Waals surface area contributed by atoms with E-state index in [1.54, 1.807) is 24.5 Å². The standard InChI is InChI=1S/C16H10ClN3O2/c17-16-14-5-2-6-15(13(14)7-8-18-16)19-10-11-3-1-4-12(9-11)20(21)22/h1-10H. The van der Waals surface area contributed by atoms with Crippen molar-refractivity contribution in [2.75, 3.05) is 0 Å². The van der Waals surface area contributed by atoms with Gasteiger partial charge >= 0.3 is 0 Å². The van der Waals surface area contributed by atoms with Crippen LogP contribution in [0.3, 0.4) is 0 Å². The lowest BCUT2D eigenvalue weighted by molar-refractivity contribution is -0.384. The lowest BCUT2D eigenvalue weighted by Gasteiger charge is -2.02. The molecule has 0 fully saturated rings. The molecule has 6 heteroatoms. The zero-order chi connectivity index (χ0) is 15.5. The summed E-state index contributed by atoms with van der Waals surface area (Å²) in [4.78, 5) is 18.8. The summed E-state index contributed by atoms with van der Waals surface area (Å²) in [6.07, 6.45) is 3.22. The highest BCUT2D eigenvalue weighted by Gasteiger charge is 2.05. The number of aliphatic imine (C=N–C) groups is 1. The molecule has 1 aromatic heterocycles. The minimum atomic E-state index is -0.430. The lowest BCUT2D eigenvalue weighted by atomic mass is 10.1. The molecule has 0 aliphatic rings. The maximum absolute atomic E-state index is 10.8. The molecule has 0 amide bonds. The number of rotatable bonds is 3. The van der Waals surface area contributed by atoms with Crippen molar-refractivity contribution in [3.63, 3.8) is 0 Å². The van der Waals surface area contributed by atoms with E-state index in [0.717, 1.165) is 16.5 Å². The van der Waals surface area contributed by atoms with Gasteiger partial charge in [-0.05, 0) is 17.7 Å². The monoisotopic (exact) mass is 311 g/mol. The Morgan fingerprint density at radius 3 is 2.77 bits per heavy atom. The van der Waals surface area contributed by atoms with Crippen LogP contribution >= 0.6 is 11.6 Å². The lowest BCUT2D eigenvalue weighted by Crippen LogP contribution is -1.89. The molecule has 0 aliphatic carbocycles. The number of non-ortho nitro benzene ring substituents is 1. The topological polar surface area (TPSA) is 68.4 Å². The minimum Gasteiger partial charge on any atom is -0.258 e. The summed E-state index contributed by atoms with van der Waals surface area (Å²) < 4.78 is 0. The fourth-order valence-corrected chi connectivity index (χ4v) is 2.35. The van der Waals surface area contributed by atoms with Gasteiger partial charge in [0.15, 0.2) is 0 Å². The van der Waals surface area contributed by atoms with Crippen molar-refractivity contribution >= 4 is 40.0 Å². The molecule has 3 aromatic rings. The summed E-state index contributed by atoms with van der Waals surface area (Å²) in [6, 6.07) is 13.7. The molecular weight excluding hydrogens is 302 g/mol. The largest absolute Gasteiger partial charge is 0.270 e. The molecule has 0 aliphatic heterocycles. The Kier molecular flexibility index (Phi) is 3.80. The Balaban J connectivity index is 2.01. The van der Waals surface area contributed by atoms with Gasteiger partial charge in [0.25, 0.3) is 5.69 Å². The number of nitro benzene ring substituents is 1. The van der Waals surface area contributed by atoms with Crippen LogP contribution in [0.5, 0.6) is 0 Å². The van der Waals surface area contributed by atoms with Crippen molar-refractivity contribution in [2.45, 2.75) is 0 Å². The predicted molar refractivity (Wildman–Crippen MR) is 87.1 cm³/mol. The second kappa shape index (κ2) is 5.91. The molecule has 0 atom stereocenters. The number of hydrogen-bond acceptors (Lipinski definition) is 4. The van der Waals surface area contributed by atoms with E-state index in [1.807, 2.05) is 24.3 Å². The summed E-state index contributed by atoms with van der Waals surface area (Å²) in [5.41, 5.74) is 1.42. The Morgan fingerprint density at radius 1 is 1.14 bits per heavy atom. The van der Waals surface area contributed by atoms with E-state index in [2.05, 4.69) is 9.98 Å². The van der Waals surface area contributed by atoms with E-state index < -0.39 is 4.92 Å². The smallest absolute Gasteiger partial charge is 0.258 e. The predicted octanol–water partition coefficient (Wildman–Crippen LogP) is 4.55. The Hall–Kier alpha value is -2.79. The van der Waals surface area contributed by atoms with Crippen molar-refractivity contribution in [1.29, 1.82) is 0 Å². The molecule has 0 saturated heterocycles. The van der Waals surface area contributed by atoms with Crippen LogP contribution in [-0.4, -0.2) is 16.1 Å². The molecule has 1 heterocycles. The molecule has 0 unspecified atom stereocenters. The van der Waals surface area contributed by atoms with E-state index in [0.29, 0.717) is 10.7 Å². The van der Waals surface area contributed by atoms with E-state index >= 15 is 0 Å². The molecule has 0 saturated carbocycles. The van der Waals surface area contributed by atoms with Gasteiger partial charge in [-0.15, -0.1) is 0 Å². The van der Waals surface area contributed by atoms with E-state index in [-0.39, 0.29) is 5.69 Å². The minimum absolute atomic E-state index is 0.0362.